The molecule has 1 aliphatic rings. The molecule has 1 heterocycles. The van der Waals surface area contributed by atoms with Crippen molar-refractivity contribution in [3.8, 4) is 0 Å². The molecule has 0 unspecified atom stereocenters. The van der Waals surface area contributed by atoms with Gasteiger partial charge in [-0.1, -0.05) is 0 Å². The third kappa shape index (κ3) is 3.59. The quantitative estimate of drug-likeness (QED) is 0.894. The van der Waals surface area contributed by atoms with Crippen LogP contribution in [-0.2, 0) is 6.18 Å². The number of carboxylic acid groups (broad SMARTS) is 1. The van der Waals surface area contributed by atoms with E-state index in [4.69, 9.17) is 5.11 Å². The number of carboxylic acids is 1. The van der Waals surface area contributed by atoms with Crippen LogP contribution in [0.1, 0.15) is 28.8 Å². The molecule has 1 aromatic rings. The standard InChI is InChI=1S/C13H14F3NO2S/c14-13(15,16)11-2-1-9(7-10(11)12(18)19)17-8-3-5-20-6-4-8/h1-2,7-8,17H,3-6H2,(H,18,19). The fraction of sp³-hybridized carbons (Fsp3) is 0.462. The third-order valence-corrected chi connectivity index (χ3v) is 4.20. The summed E-state index contributed by atoms with van der Waals surface area (Å²) in [4.78, 5) is 11.0. The maximum absolute atomic E-state index is 12.7. The predicted molar refractivity (Wildman–Crippen MR) is 72.4 cm³/mol. The Morgan fingerprint density at radius 3 is 2.50 bits per heavy atom. The minimum absolute atomic E-state index is 0.189. The van der Waals surface area contributed by atoms with E-state index in [1.54, 1.807) is 0 Å². The van der Waals surface area contributed by atoms with Crippen molar-refractivity contribution in [3.63, 3.8) is 0 Å². The fourth-order valence-corrected chi connectivity index (χ4v) is 3.24. The average Bonchev–Trinajstić information content (AvgIpc) is 2.38. The van der Waals surface area contributed by atoms with Crippen molar-refractivity contribution in [2.45, 2.75) is 25.1 Å². The first-order valence-corrected chi connectivity index (χ1v) is 7.32. The number of halogens is 3. The molecule has 2 N–H and O–H groups in total. The van der Waals surface area contributed by atoms with Crippen LogP contribution in [0.4, 0.5) is 18.9 Å². The zero-order valence-electron chi connectivity index (χ0n) is 10.5. The van der Waals surface area contributed by atoms with Gasteiger partial charge in [0.2, 0.25) is 0 Å². The van der Waals surface area contributed by atoms with E-state index in [1.807, 2.05) is 11.8 Å². The highest BCUT2D eigenvalue weighted by Gasteiger charge is 2.35. The van der Waals surface area contributed by atoms with Crippen LogP contribution < -0.4 is 5.32 Å². The van der Waals surface area contributed by atoms with Gasteiger partial charge in [0.1, 0.15) is 0 Å². The first kappa shape index (κ1) is 15.0. The topological polar surface area (TPSA) is 49.3 Å². The molecule has 2 rings (SSSR count). The lowest BCUT2D eigenvalue weighted by atomic mass is 10.0. The number of rotatable bonds is 3. The van der Waals surface area contributed by atoms with Gasteiger partial charge in [0.25, 0.3) is 0 Å². The smallest absolute Gasteiger partial charge is 0.417 e. The van der Waals surface area contributed by atoms with Gasteiger partial charge in [0, 0.05) is 11.7 Å². The second kappa shape index (κ2) is 5.95. The Morgan fingerprint density at radius 1 is 1.30 bits per heavy atom. The molecule has 20 heavy (non-hydrogen) atoms. The van der Waals surface area contributed by atoms with Crippen molar-refractivity contribution in [3.05, 3.63) is 29.3 Å². The largest absolute Gasteiger partial charge is 0.478 e. The van der Waals surface area contributed by atoms with Gasteiger partial charge in [-0.3, -0.25) is 0 Å². The highest BCUT2D eigenvalue weighted by Crippen LogP contribution is 2.33. The van der Waals surface area contributed by atoms with E-state index in [2.05, 4.69) is 5.32 Å². The summed E-state index contributed by atoms with van der Waals surface area (Å²) in [6.07, 6.45) is -2.81. The number of hydrogen-bond donors (Lipinski definition) is 2. The van der Waals surface area contributed by atoms with Crippen LogP contribution in [0, 0.1) is 0 Å². The van der Waals surface area contributed by atoms with Crippen LogP contribution in [0.3, 0.4) is 0 Å². The Balaban J connectivity index is 2.23. The lowest BCUT2D eigenvalue weighted by molar-refractivity contribution is -0.138. The molecule has 110 valence electrons. The summed E-state index contributed by atoms with van der Waals surface area (Å²) < 4.78 is 38.1. The molecule has 0 spiro atoms. The maximum Gasteiger partial charge on any atom is 0.417 e. The molecule has 0 aliphatic carbocycles. The summed E-state index contributed by atoms with van der Waals surface area (Å²) in [6, 6.07) is 3.36. The number of anilines is 1. The molecule has 0 bridgehead atoms. The van der Waals surface area contributed by atoms with Crippen LogP contribution in [-0.4, -0.2) is 28.6 Å². The molecule has 0 radical (unpaired) electrons. The normalized spacial score (nSPS) is 16.9. The van der Waals surface area contributed by atoms with Crippen molar-refractivity contribution in [1.82, 2.24) is 0 Å². The van der Waals surface area contributed by atoms with Crippen LogP contribution >= 0.6 is 11.8 Å². The van der Waals surface area contributed by atoms with Gasteiger partial charge in [-0.05, 0) is 42.5 Å². The van der Waals surface area contributed by atoms with Gasteiger partial charge in [-0.15, -0.1) is 0 Å². The van der Waals surface area contributed by atoms with Crippen LogP contribution in [0.15, 0.2) is 18.2 Å². The van der Waals surface area contributed by atoms with E-state index in [9.17, 15) is 18.0 Å². The number of alkyl halides is 3. The molecule has 0 atom stereocenters. The zero-order valence-corrected chi connectivity index (χ0v) is 11.4. The highest BCUT2D eigenvalue weighted by molar-refractivity contribution is 7.99. The Bertz CT molecular complexity index is 499. The summed E-state index contributed by atoms with van der Waals surface area (Å²) in [5.41, 5.74) is -1.41. The van der Waals surface area contributed by atoms with Crippen molar-refractivity contribution < 1.29 is 23.1 Å². The van der Waals surface area contributed by atoms with Gasteiger partial charge in [-0.25, -0.2) is 4.79 Å². The van der Waals surface area contributed by atoms with Crippen LogP contribution in [0.25, 0.3) is 0 Å². The van der Waals surface area contributed by atoms with E-state index < -0.39 is 23.3 Å². The van der Waals surface area contributed by atoms with Crippen molar-refractivity contribution in [2.24, 2.45) is 0 Å². The zero-order chi connectivity index (χ0) is 14.8. The maximum atomic E-state index is 12.7. The molecular weight excluding hydrogens is 291 g/mol. The third-order valence-electron chi connectivity index (χ3n) is 3.15. The second-order valence-electron chi connectivity index (χ2n) is 4.59. The van der Waals surface area contributed by atoms with Crippen LogP contribution in [0.5, 0.6) is 0 Å². The number of carbonyl (C=O) groups is 1. The van der Waals surface area contributed by atoms with Crippen molar-refractivity contribution in [1.29, 1.82) is 0 Å². The van der Waals surface area contributed by atoms with Gasteiger partial charge >= 0.3 is 12.1 Å². The first-order chi connectivity index (χ1) is 9.38. The molecule has 1 aliphatic heterocycles. The Labute approximate surface area is 118 Å². The minimum atomic E-state index is -4.66. The molecule has 0 aromatic heterocycles. The lowest BCUT2D eigenvalue weighted by Crippen LogP contribution is -2.24. The number of aromatic carboxylic acids is 1. The Hall–Kier alpha value is -1.37. The van der Waals surface area contributed by atoms with Crippen molar-refractivity contribution in [2.75, 3.05) is 16.8 Å². The van der Waals surface area contributed by atoms with E-state index in [-0.39, 0.29) is 6.04 Å². The summed E-state index contributed by atoms with van der Waals surface area (Å²) >= 11 is 1.84. The Morgan fingerprint density at radius 2 is 1.95 bits per heavy atom. The Kier molecular flexibility index (Phi) is 4.47. The molecule has 3 nitrogen and oxygen atoms in total. The number of benzene rings is 1. The van der Waals surface area contributed by atoms with Gasteiger partial charge in [-0.2, -0.15) is 24.9 Å². The number of thioether (sulfide) groups is 1. The summed E-state index contributed by atoms with van der Waals surface area (Å²) in [5, 5.41) is 12.0. The molecule has 1 saturated heterocycles. The number of nitrogens with one attached hydrogen (secondary N) is 1. The average molecular weight is 305 g/mol. The fourth-order valence-electron chi connectivity index (χ4n) is 2.14. The van der Waals surface area contributed by atoms with Crippen molar-refractivity contribution >= 4 is 23.4 Å². The highest BCUT2D eigenvalue weighted by atomic mass is 32.2. The predicted octanol–water partition coefficient (Wildman–Crippen LogP) is 3.71. The van der Waals surface area contributed by atoms with Gasteiger partial charge in [0.05, 0.1) is 11.1 Å². The monoisotopic (exact) mass is 305 g/mol. The summed E-state index contributed by atoms with van der Waals surface area (Å²) in [5.74, 6) is 0.439. The van der Waals surface area contributed by atoms with E-state index in [0.29, 0.717) is 5.69 Å². The number of hydrogen-bond acceptors (Lipinski definition) is 3. The summed E-state index contributed by atoms with van der Waals surface area (Å²) in [6.45, 7) is 0. The van der Waals surface area contributed by atoms with E-state index in [1.165, 1.54) is 6.07 Å². The lowest BCUT2D eigenvalue weighted by Gasteiger charge is -2.24. The first-order valence-electron chi connectivity index (χ1n) is 6.17. The second-order valence-corrected chi connectivity index (χ2v) is 5.82. The molecule has 1 fully saturated rings. The van der Waals surface area contributed by atoms with E-state index in [0.717, 1.165) is 36.5 Å². The van der Waals surface area contributed by atoms with Gasteiger partial charge in [0.15, 0.2) is 0 Å². The van der Waals surface area contributed by atoms with Crippen LogP contribution in [0.2, 0.25) is 0 Å². The SMILES string of the molecule is O=C(O)c1cc(NC2CCSCC2)ccc1C(F)(F)F. The molecule has 1 aromatic carbocycles. The molecular formula is C13H14F3NO2S. The van der Waals surface area contributed by atoms with E-state index >= 15 is 0 Å². The summed E-state index contributed by atoms with van der Waals surface area (Å²) in [7, 11) is 0. The molecule has 7 heteroatoms. The minimum Gasteiger partial charge on any atom is -0.478 e. The molecule has 0 amide bonds. The molecule has 0 saturated carbocycles. The van der Waals surface area contributed by atoms with Gasteiger partial charge < -0.3 is 10.4 Å².